The fraction of sp³-hybridized carbons (Fsp3) is 0. The van der Waals surface area contributed by atoms with Crippen molar-refractivity contribution in [3.8, 4) is 17.9 Å². The molecule has 0 aliphatic rings. The van der Waals surface area contributed by atoms with E-state index in [-0.39, 0.29) is 11.1 Å². The van der Waals surface area contributed by atoms with Crippen LogP contribution < -0.4 is 5.73 Å². The Kier molecular flexibility index (Phi) is 3.00. The van der Waals surface area contributed by atoms with E-state index in [9.17, 15) is 13.6 Å². The third-order valence-corrected chi connectivity index (χ3v) is 1.50. The molecule has 0 spiro atoms. The largest absolute Gasteiger partial charge is 0.359 e. The lowest BCUT2D eigenvalue weighted by Crippen LogP contribution is -2.06. The molecule has 15 heavy (non-hydrogen) atoms. The number of carbonyl (C=O) groups excluding carboxylic acids is 1. The van der Waals surface area contributed by atoms with Crippen molar-refractivity contribution in [3.05, 3.63) is 34.9 Å². The van der Waals surface area contributed by atoms with E-state index in [0.29, 0.717) is 6.07 Å². The number of hydrogen-bond acceptors (Lipinski definition) is 2. The predicted octanol–water partition coefficient (Wildman–Crippen LogP) is 0.673. The van der Waals surface area contributed by atoms with E-state index >= 15 is 0 Å². The van der Waals surface area contributed by atoms with E-state index in [2.05, 4.69) is 5.92 Å². The summed E-state index contributed by atoms with van der Waals surface area (Å²) in [6.07, 6.45) is 0. The maximum Gasteiger partial charge on any atom is 0.293 e. The van der Waals surface area contributed by atoms with Gasteiger partial charge in [-0.15, -0.1) is 0 Å². The standard InChI is InChI=1S/C10H4F2N2O/c11-8-3-6(1-2-10(14)15)7(5-13)4-9(8)12/h3-4H,(H2,14,15). The summed E-state index contributed by atoms with van der Waals surface area (Å²) >= 11 is 0. The smallest absolute Gasteiger partial charge is 0.293 e. The van der Waals surface area contributed by atoms with Gasteiger partial charge in [-0.1, -0.05) is 5.92 Å². The molecule has 1 aromatic carbocycles. The van der Waals surface area contributed by atoms with Crippen molar-refractivity contribution in [1.29, 1.82) is 5.26 Å². The molecule has 0 saturated heterocycles. The Bertz CT molecular complexity index is 521. The second kappa shape index (κ2) is 4.21. The number of nitriles is 1. The summed E-state index contributed by atoms with van der Waals surface area (Å²) in [4.78, 5) is 10.3. The summed E-state index contributed by atoms with van der Waals surface area (Å²) in [6.45, 7) is 0. The van der Waals surface area contributed by atoms with Gasteiger partial charge in [0.2, 0.25) is 0 Å². The van der Waals surface area contributed by atoms with E-state index in [1.165, 1.54) is 0 Å². The molecular weight excluding hydrogens is 202 g/mol. The van der Waals surface area contributed by atoms with Crippen LogP contribution in [0.5, 0.6) is 0 Å². The first-order valence-electron chi connectivity index (χ1n) is 3.75. The molecule has 0 fully saturated rings. The van der Waals surface area contributed by atoms with Gasteiger partial charge in [0.25, 0.3) is 5.91 Å². The lowest BCUT2D eigenvalue weighted by molar-refractivity contribution is -0.112. The zero-order valence-corrected chi connectivity index (χ0v) is 7.34. The van der Waals surface area contributed by atoms with Gasteiger partial charge in [0.1, 0.15) is 6.07 Å². The molecule has 1 amide bonds. The number of rotatable bonds is 0. The molecule has 1 rings (SSSR count). The van der Waals surface area contributed by atoms with Crippen LogP contribution in [-0.2, 0) is 4.79 Å². The lowest BCUT2D eigenvalue weighted by atomic mass is 10.1. The third kappa shape index (κ3) is 2.52. The number of amides is 1. The van der Waals surface area contributed by atoms with Crippen molar-refractivity contribution in [2.45, 2.75) is 0 Å². The minimum absolute atomic E-state index is 0.0739. The SMILES string of the molecule is N#Cc1cc(F)c(F)cc1C#CC(N)=O. The van der Waals surface area contributed by atoms with Crippen LogP contribution in [0, 0.1) is 34.8 Å². The number of benzene rings is 1. The van der Waals surface area contributed by atoms with E-state index in [1.807, 2.05) is 5.92 Å². The van der Waals surface area contributed by atoms with Crippen molar-refractivity contribution in [2.24, 2.45) is 5.73 Å². The van der Waals surface area contributed by atoms with Gasteiger partial charge in [-0.25, -0.2) is 8.78 Å². The van der Waals surface area contributed by atoms with Gasteiger partial charge in [0.05, 0.1) is 5.56 Å². The van der Waals surface area contributed by atoms with Crippen LogP contribution in [0.2, 0.25) is 0 Å². The molecule has 0 bridgehead atoms. The molecule has 74 valence electrons. The number of halogens is 2. The normalized spacial score (nSPS) is 8.60. The van der Waals surface area contributed by atoms with Gasteiger partial charge >= 0.3 is 0 Å². The second-order valence-corrected chi connectivity index (χ2v) is 2.54. The average Bonchev–Trinajstić information content (AvgIpc) is 2.19. The number of nitrogens with zero attached hydrogens (tertiary/aromatic N) is 1. The summed E-state index contributed by atoms with van der Waals surface area (Å²) in [5, 5.41) is 8.58. The number of hydrogen-bond donors (Lipinski definition) is 1. The Labute approximate surface area is 84.1 Å². The van der Waals surface area contributed by atoms with Crippen LogP contribution in [0.3, 0.4) is 0 Å². The first-order valence-corrected chi connectivity index (χ1v) is 3.75. The molecule has 2 N–H and O–H groups in total. The molecule has 3 nitrogen and oxygen atoms in total. The summed E-state index contributed by atoms with van der Waals surface area (Å²) in [5.74, 6) is 0.918. The molecule has 0 unspecified atom stereocenters. The Morgan fingerprint density at radius 3 is 2.27 bits per heavy atom. The molecule has 0 heterocycles. The van der Waals surface area contributed by atoms with E-state index in [1.54, 1.807) is 6.07 Å². The summed E-state index contributed by atoms with van der Waals surface area (Å²) in [7, 11) is 0. The van der Waals surface area contributed by atoms with Gasteiger partial charge in [-0.05, 0) is 12.1 Å². The van der Waals surface area contributed by atoms with Crippen molar-refractivity contribution in [1.82, 2.24) is 0 Å². The van der Waals surface area contributed by atoms with Crippen LogP contribution in [-0.4, -0.2) is 5.91 Å². The molecule has 1 aromatic rings. The maximum absolute atomic E-state index is 12.8. The first-order chi connectivity index (χ1) is 7.04. The lowest BCUT2D eigenvalue weighted by Gasteiger charge is -1.96. The number of nitrogens with two attached hydrogens (primary N) is 1. The topological polar surface area (TPSA) is 66.9 Å². The maximum atomic E-state index is 12.8. The van der Waals surface area contributed by atoms with Crippen LogP contribution in [0.25, 0.3) is 0 Å². The van der Waals surface area contributed by atoms with Crippen molar-refractivity contribution < 1.29 is 13.6 Å². The molecule has 0 atom stereocenters. The van der Waals surface area contributed by atoms with Gasteiger partial charge < -0.3 is 5.73 Å². The fourth-order valence-electron chi connectivity index (χ4n) is 0.872. The Morgan fingerprint density at radius 1 is 1.27 bits per heavy atom. The highest BCUT2D eigenvalue weighted by atomic mass is 19.2. The molecule has 0 saturated carbocycles. The van der Waals surface area contributed by atoms with Crippen LogP contribution in [0.15, 0.2) is 12.1 Å². The quantitative estimate of drug-likeness (QED) is 0.634. The van der Waals surface area contributed by atoms with Crippen molar-refractivity contribution >= 4 is 5.91 Å². The molecular formula is C10H4F2N2O. The summed E-state index contributed by atoms with van der Waals surface area (Å²) in [5.41, 5.74) is 4.51. The van der Waals surface area contributed by atoms with Gasteiger partial charge in [-0.2, -0.15) is 5.26 Å². The minimum Gasteiger partial charge on any atom is -0.359 e. The summed E-state index contributed by atoms with van der Waals surface area (Å²) < 4.78 is 25.4. The molecule has 0 aliphatic carbocycles. The van der Waals surface area contributed by atoms with Crippen LogP contribution in [0.4, 0.5) is 8.78 Å². The minimum atomic E-state index is -1.14. The average molecular weight is 206 g/mol. The summed E-state index contributed by atoms with van der Waals surface area (Å²) in [6, 6.07) is 3.07. The van der Waals surface area contributed by atoms with Crippen LogP contribution in [0.1, 0.15) is 11.1 Å². The van der Waals surface area contributed by atoms with Crippen molar-refractivity contribution in [3.63, 3.8) is 0 Å². The zero-order valence-electron chi connectivity index (χ0n) is 7.34. The van der Waals surface area contributed by atoms with Crippen LogP contribution >= 0.6 is 0 Å². The van der Waals surface area contributed by atoms with Crippen molar-refractivity contribution in [2.75, 3.05) is 0 Å². The molecule has 5 heteroatoms. The van der Waals surface area contributed by atoms with E-state index in [4.69, 9.17) is 11.0 Å². The van der Waals surface area contributed by atoms with E-state index < -0.39 is 17.5 Å². The molecule has 0 aromatic heterocycles. The van der Waals surface area contributed by atoms with Gasteiger partial charge in [0, 0.05) is 11.5 Å². The highest BCUT2D eigenvalue weighted by Gasteiger charge is 2.07. The molecule has 0 radical (unpaired) electrons. The number of carbonyl (C=O) groups is 1. The Morgan fingerprint density at radius 2 is 1.80 bits per heavy atom. The first kappa shape index (κ1) is 10.7. The highest BCUT2D eigenvalue weighted by Crippen LogP contribution is 2.13. The van der Waals surface area contributed by atoms with Gasteiger partial charge in [0.15, 0.2) is 11.6 Å². The number of primary amides is 1. The monoisotopic (exact) mass is 206 g/mol. The second-order valence-electron chi connectivity index (χ2n) is 2.54. The third-order valence-electron chi connectivity index (χ3n) is 1.50. The highest BCUT2D eigenvalue weighted by molar-refractivity contribution is 5.92. The van der Waals surface area contributed by atoms with E-state index in [0.717, 1.165) is 6.07 Å². The molecule has 0 aliphatic heterocycles. The zero-order chi connectivity index (χ0) is 11.4. The Balaban J connectivity index is 3.32. The predicted molar refractivity (Wildman–Crippen MR) is 47.1 cm³/mol. The van der Waals surface area contributed by atoms with Gasteiger partial charge in [-0.3, -0.25) is 4.79 Å². The Hall–Kier alpha value is -2.40. The fourth-order valence-corrected chi connectivity index (χ4v) is 0.872.